The van der Waals surface area contributed by atoms with Crippen molar-refractivity contribution in [1.82, 2.24) is 15.2 Å². The van der Waals surface area contributed by atoms with Gasteiger partial charge in [0.15, 0.2) is 0 Å². The number of carbonyl (C=O) groups is 1. The van der Waals surface area contributed by atoms with Crippen molar-refractivity contribution in [2.45, 2.75) is 62.9 Å². The molecule has 0 radical (unpaired) electrons. The van der Waals surface area contributed by atoms with E-state index < -0.39 is 0 Å². The summed E-state index contributed by atoms with van der Waals surface area (Å²) in [7, 11) is 0. The first-order valence-electron chi connectivity index (χ1n) is 11.3. The number of hydrogen-bond acceptors (Lipinski definition) is 5. The van der Waals surface area contributed by atoms with Crippen molar-refractivity contribution < 1.29 is 14.3 Å². The Kier molecular flexibility index (Phi) is 5.72. The summed E-state index contributed by atoms with van der Waals surface area (Å²) in [6.07, 6.45) is 7.79. The molecule has 1 amide bonds. The van der Waals surface area contributed by atoms with Crippen molar-refractivity contribution in [2.24, 2.45) is 0 Å². The van der Waals surface area contributed by atoms with Crippen LogP contribution in [0.25, 0.3) is 10.9 Å². The van der Waals surface area contributed by atoms with Crippen LogP contribution in [0.2, 0.25) is 0 Å². The summed E-state index contributed by atoms with van der Waals surface area (Å²) in [5.41, 5.74) is 2.41. The number of pyridine rings is 1. The SMILES string of the molecule is O=C(NCC1CCC2(CCN(Cc3cccc4ncccc34)CC2)O1)C1CCCO1. The van der Waals surface area contributed by atoms with Crippen LogP contribution in [0.3, 0.4) is 0 Å². The highest BCUT2D eigenvalue weighted by Crippen LogP contribution is 2.39. The Morgan fingerprint density at radius 3 is 2.90 bits per heavy atom. The fraction of sp³-hybridized carbons (Fsp3) is 0.583. The number of carbonyl (C=O) groups excluding carboxylic acids is 1. The molecule has 6 nitrogen and oxygen atoms in total. The van der Waals surface area contributed by atoms with Crippen LogP contribution >= 0.6 is 0 Å². The Balaban J connectivity index is 1.12. The monoisotopic (exact) mass is 409 g/mol. The highest BCUT2D eigenvalue weighted by molar-refractivity contribution is 5.82. The van der Waals surface area contributed by atoms with Gasteiger partial charge in [-0.1, -0.05) is 18.2 Å². The topological polar surface area (TPSA) is 63.7 Å². The average Bonchev–Trinajstić information content (AvgIpc) is 3.45. The molecule has 3 saturated heterocycles. The lowest BCUT2D eigenvalue weighted by molar-refractivity contribution is -0.131. The van der Waals surface area contributed by atoms with Crippen LogP contribution in [0.4, 0.5) is 0 Å². The molecule has 0 aliphatic carbocycles. The minimum absolute atomic E-state index is 0.00390. The zero-order valence-electron chi connectivity index (χ0n) is 17.5. The second kappa shape index (κ2) is 8.61. The quantitative estimate of drug-likeness (QED) is 0.822. The molecule has 4 heterocycles. The Morgan fingerprint density at radius 1 is 1.17 bits per heavy atom. The highest BCUT2D eigenvalue weighted by Gasteiger charge is 2.42. The van der Waals surface area contributed by atoms with E-state index in [1.54, 1.807) is 0 Å². The van der Waals surface area contributed by atoms with Gasteiger partial charge in [-0.2, -0.15) is 0 Å². The largest absolute Gasteiger partial charge is 0.370 e. The van der Waals surface area contributed by atoms with Gasteiger partial charge in [0.25, 0.3) is 0 Å². The van der Waals surface area contributed by atoms with Crippen LogP contribution in [-0.2, 0) is 20.8 Å². The predicted octanol–water partition coefficient (Wildman–Crippen LogP) is 3.04. The van der Waals surface area contributed by atoms with Gasteiger partial charge in [0.1, 0.15) is 6.10 Å². The summed E-state index contributed by atoms with van der Waals surface area (Å²) >= 11 is 0. The maximum Gasteiger partial charge on any atom is 0.249 e. The summed E-state index contributed by atoms with van der Waals surface area (Å²) in [6.45, 7) is 4.36. The Labute approximate surface area is 177 Å². The molecule has 30 heavy (non-hydrogen) atoms. The first-order chi connectivity index (χ1) is 14.7. The lowest BCUT2D eigenvalue weighted by Crippen LogP contribution is -2.45. The van der Waals surface area contributed by atoms with Crippen molar-refractivity contribution in [3.63, 3.8) is 0 Å². The standard InChI is InChI=1S/C24H31N3O3/c28-23(22-7-3-15-29-22)26-16-19-8-9-24(30-19)10-13-27(14-11-24)17-18-4-1-6-21-20(18)5-2-12-25-21/h1-2,4-6,12,19,22H,3,7-11,13-17H2,(H,26,28). The van der Waals surface area contributed by atoms with Gasteiger partial charge in [0.2, 0.25) is 5.91 Å². The summed E-state index contributed by atoms with van der Waals surface area (Å²) < 4.78 is 11.9. The van der Waals surface area contributed by atoms with Gasteiger partial charge >= 0.3 is 0 Å². The highest BCUT2D eigenvalue weighted by atomic mass is 16.5. The molecule has 6 heteroatoms. The van der Waals surface area contributed by atoms with Gasteiger partial charge in [-0.25, -0.2) is 0 Å². The fourth-order valence-electron chi connectivity index (χ4n) is 5.18. The first kappa shape index (κ1) is 19.9. The number of likely N-dealkylation sites (tertiary alicyclic amines) is 1. The lowest BCUT2D eigenvalue weighted by Gasteiger charge is -2.39. The van der Waals surface area contributed by atoms with Crippen LogP contribution in [0.1, 0.15) is 44.1 Å². The average molecular weight is 410 g/mol. The van der Waals surface area contributed by atoms with Crippen LogP contribution in [0.5, 0.6) is 0 Å². The number of rotatable bonds is 5. The molecule has 1 N–H and O–H groups in total. The Hall–Kier alpha value is -2.02. The molecule has 2 unspecified atom stereocenters. The number of hydrogen-bond donors (Lipinski definition) is 1. The van der Waals surface area contributed by atoms with Gasteiger partial charge in [0, 0.05) is 44.4 Å². The van der Waals surface area contributed by atoms with Crippen LogP contribution in [0, 0.1) is 0 Å². The molecule has 0 bridgehead atoms. The maximum absolute atomic E-state index is 12.2. The number of ether oxygens (including phenoxy) is 2. The third-order valence-electron chi connectivity index (χ3n) is 6.96. The zero-order chi connectivity index (χ0) is 20.4. The molecule has 1 aromatic carbocycles. The number of aromatic nitrogens is 1. The molecule has 3 aliphatic heterocycles. The fourth-order valence-corrected chi connectivity index (χ4v) is 5.18. The number of amides is 1. The molecule has 2 aromatic rings. The summed E-state index contributed by atoms with van der Waals surface area (Å²) in [5.74, 6) is 0.0245. The molecule has 0 saturated carbocycles. The Morgan fingerprint density at radius 2 is 2.07 bits per heavy atom. The molecule has 5 rings (SSSR count). The van der Waals surface area contributed by atoms with Gasteiger partial charge in [-0.05, 0) is 56.2 Å². The van der Waals surface area contributed by atoms with Crippen molar-refractivity contribution in [2.75, 3.05) is 26.2 Å². The normalized spacial score (nSPS) is 26.4. The van der Waals surface area contributed by atoms with E-state index in [-0.39, 0.29) is 23.7 Å². The van der Waals surface area contributed by atoms with E-state index in [4.69, 9.17) is 9.47 Å². The molecule has 1 aromatic heterocycles. The number of piperidine rings is 1. The van der Waals surface area contributed by atoms with Crippen molar-refractivity contribution >= 4 is 16.8 Å². The van der Waals surface area contributed by atoms with Gasteiger partial charge < -0.3 is 14.8 Å². The zero-order valence-corrected chi connectivity index (χ0v) is 17.5. The number of fused-ring (bicyclic) bond motifs is 1. The Bertz CT molecular complexity index is 883. The summed E-state index contributed by atoms with van der Waals surface area (Å²) in [4.78, 5) is 19.2. The van der Waals surface area contributed by atoms with Crippen LogP contribution in [-0.4, -0.2) is 59.8 Å². The van der Waals surface area contributed by atoms with Gasteiger partial charge in [-0.15, -0.1) is 0 Å². The van der Waals surface area contributed by atoms with Gasteiger partial charge in [0.05, 0.1) is 17.2 Å². The maximum atomic E-state index is 12.2. The molecule has 160 valence electrons. The van der Waals surface area contributed by atoms with E-state index in [9.17, 15) is 4.79 Å². The predicted molar refractivity (Wildman–Crippen MR) is 115 cm³/mol. The van der Waals surface area contributed by atoms with E-state index in [0.717, 1.165) is 63.7 Å². The van der Waals surface area contributed by atoms with Crippen molar-refractivity contribution in [3.05, 3.63) is 42.1 Å². The van der Waals surface area contributed by atoms with E-state index in [1.165, 1.54) is 10.9 Å². The molecule has 3 aliphatic rings. The second-order valence-electron chi connectivity index (χ2n) is 8.97. The lowest BCUT2D eigenvalue weighted by atomic mass is 9.88. The summed E-state index contributed by atoms with van der Waals surface area (Å²) in [5, 5.41) is 4.29. The number of nitrogens with one attached hydrogen (secondary N) is 1. The third kappa shape index (κ3) is 4.22. The minimum atomic E-state index is -0.257. The number of benzene rings is 1. The van der Waals surface area contributed by atoms with Crippen LogP contribution < -0.4 is 5.32 Å². The summed E-state index contributed by atoms with van der Waals surface area (Å²) in [6, 6.07) is 10.6. The van der Waals surface area contributed by atoms with E-state index >= 15 is 0 Å². The third-order valence-corrected chi connectivity index (χ3v) is 6.96. The second-order valence-corrected chi connectivity index (χ2v) is 8.97. The molecule has 2 atom stereocenters. The number of nitrogens with zero attached hydrogens (tertiary/aromatic N) is 2. The minimum Gasteiger partial charge on any atom is -0.370 e. The van der Waals surface area contributed by atoms with E-state index in [2.05, 4.69) is 39.5 Å². The van der Waals surface area contributed by atoms with Crippen LogP contribution in [0.15, 0.2) is 36.5 Å². The van der Waals surface area contributed by atoms with Gasteiger partial charge in [-0.3, -0.25) is 14.7 Å². The molecule has 3 fully saturated rings. The molecular formula is C24H31N3O3. The smallest absolute Gasteiger partial charge is 0.249 e. The molecule has 1 spiro atoms. The van der Waals surface area contributed by atoms with E-state index in [1.807, 2.05) is 12.3 Å². The van der Waals surface area contributed by atoms with Crippen molar-refractivity contribution in [1.29, 1.82) is 0 Å². The first-order valence-corrected chi connectivity index (χ1v) is 11.3. The van der Waals surface area contributed by atoms with Crippen molar-refractivity contribution in [3.8, 4) is 0 Å². The van der Waals surface area contributed by atoms with E-state index in [0.29, 0.717) is 13.2 Å². The molecular weight excluding hydrogens is 378 g/mol.